The minimum absolute atomic E-state index is 0.0184. The highest BCUT2D eigenvalue weighted by Crippen LogP contribution is 2.47. The number of nitrogens with zero attached hydrogens (tertiary/aromatic N) is 16. The van der Waals surface area contributed by atoms with Crippen molar-refractivity contribution in [2.45, 2.75) is 181 Å². The van der Waals surface area contributed by atoms with E-state index in [0.717, 1.165) is 72.4 Å². The van der Waals surface area contributed by atoms with Gasteiger partial charge in [0.2, 0.25) is 17.8 Å². The quantitative estimate of drug-likeness (QED) is 0.0129. The van der Waals surface area contributed by atoms with Crippen LogP contribution in [0.1, 0.15) is 203 Å². The average molecular weight is 2040 g/mol. The Morgan fingerprint density at radius 2 is 0.792 bits per heavy atom. The van der Waals surface area contributed by atoms with E-state index in [1.54, 1.807) is 90.7 Å². The lowest BCUT2D eigenvalue weighted by atomic mass is 9.96. The lowest BCUT2D eigenvalue weighted by Crippen LogP contribution is -2.52. The van der Waals surface area contributed by atoms with Crippen LogP contribution in [0.2, 0.25) is 15.5 Å². The number of likely N-dealkylation sites (tertiary alicyclic amines) is 1. The molecule has 144 heavy (non-hydrogen) atoms. The Bertz CT molecular complexity index is 6550. The minimum Gasteiger partial charge on any atom is -0.496 e. The zero-order chi connectivity index (χ0) is 105. The van der Waals surface area contributed by atoms with Crippen molar-refractivity contribution in [3.63, 3.8) is 0 Å². The van der Waals surface area contributed by atoms with E-state index in [0.29, 0.717) is 184 Å². The number of methoxy groups -OCH3 is 3. The highest BCUT2D eigenvalue weighted by atomic mass is 35.5. The summed E-state index contributed by atoms with van der Waals surface area (Å²) in [5.41, 5.74) is 32.2. The molecule has 41 nitrogen and oxygen atoms in total. The third-order valence-corrected chi connectivity index (χ3v) is 26.7. The number of fused-ring (bicyclic) bond motifs is 3. The summed E-state index contributed by atoms with van der Waals surface area (Å²) in [6, 6.07) is 0. The molecule has 9 aromatic heterocycles. The van der Waals surface area contributed by atoms with Crippen molar-refractivity contribution >= 4 is 153 Å². The van der Waals surface area contributed by atoms with Gasteiger partial charge in [-0.3, -0.25) is 73.0 Å². The Labute approximate surface area is 850 Å². The number of hydrogen-bond donors (Lipinski definition) is 11. The van der Waals surface area contributed by atoms with Crippen LogP contribution in [0.25, 0.3) is 34.9 Å². The zero-order valence-electron chi connectivity index (χ0n) is 85.2. The van der Waals surface area contributed by atoms with E-state index in [2.05, 4.69) is 85.6 Å². The molecule has 0 aromatic carbocycles. The topological polar surface area (TPSA) is 533 Å². The number of aromatic amines is 3. The number of nitrogens with one attached hydrogen (secondary N) is 6. The van der Waals surface area contributed by atoms with Crippen LogP contribution >= 0.6 is 34.8 Å². The lowest BCUT2D eigenvalue weighted by molar-refractivity contribution is -0.161. The van der Waals surface area contributed by atoms with Crippen LogP contribution in [0.3, 0.4) is 0 Å². The maximum Gasteiger partial charge on any atom is 0.410 e. The van der Waals surface area contributed by atoms with Gasteiger partial charge in [0.05, 0.1) is 139 Å². The number of nitrogen functional groups attached to an aromatic ring is 3. The number of pyridine rings is 3. The molecule has 15 heterocycles. The monoisotopic (exact) mass is 2040 g/mol. The molecule has 7 amide bonds. The summed E-state index contributed by atoms with van der Waals surface area (Å²) in [5, 5.41) is 30.0. The van der Waals surface area contributed by atoms with Gasteiger partial charge in [-0.25, -0.2) is 19.7 Å². The van der Waals surface area contributed by atoms with E-state index < -0.39 is 23.4 Å². The summed E-state index contributed by atoms with van der Waals surface area (Å²) < 4.78 is 33.0. The van der Waals surface area contributed by atoms with E-state index in [4.69, 9.17) is 80.4 Å². The minimum atomic E-state index is -0.831. The fourth-order valence-electron chi connectivity index (χ4n) is 18.6. The number of anilines is 6. The second-order valence-electron chi connectivity index (χ2n) is 38.5. The molecule has 6 aliphatic heterocycles. The molecule has 14 N–H and O–H groups in total. The van der Waals surface area contributed by atoms with Gasteiger partial charge in [-0.1, -0.05) is 34.8 Å². The van der Waals surface area contributed by atoms with Crippen molar-refractivity contribution in [2.75, 3.05) is 158 Å². The molecule has 2 atom stereocenters. The van der Waals surface area contributed by atoms with Gasteiger partial charge in [0, 0.05) is 165 Å². The van der Waals surface area contributed by atoms with Gasteiger partial charge in [-0.05, 0) is 185 Å². The standard InChI is InChI=1S/C35H46ClN9O6.C35H45ClN8O5.C30H37ClN8O5/c1-18-14-38-25(20(3)28(18)50-8)17-45-30-27(29(36)41-33(37)42-30)23(32(45)48)13-24-19(2)26(21(4)40-24)31(47)39-15-22(46)16-43-9-11-44(12-10-43)34(49)51-35(5,6)7;1-18-16-39-25(20(3)28(18)48-8)17-44-30-27(29(36)41-34(37)42-30)23(32(44)46)15-24-19(2)26(21(4)40-24)31(45)38-11-14-43-12-9-22(10-13-43)33(47)49-35(5,6)7;1-15-11-33-22(17(3)25(15)43-5)14-39-27-24(26(31)36-30(32)37-27)20(29(39)42)10-21-16(2)23(18(4)35-21)28(41)34-12-19(40)13-38-6-8-44-9-7-38/h13-14,22,40,46H,9-12,15-17H2,1-8H3,(H,39,47)(H2,37,41,42);15-16,22,40H,9-14,17H2,1-8H3,(H,38,45)(H2,37,41,42);10-11,19,35,40H,6-9,12-14H2,1-5H3,(H,34,41)(H2,32,36,37)/b23-13-;23-15-;20-10-/t;;19-/m..0/s1. The second kappa shape index (κ2) is 45.4. The Morgan fingerprint density at radius 1 is 0.465 bits per heavy atom. The summed E-state index contributed by atoms with van der Waals surface area (Å²) in [5.74, 6) is 0.380. The number of carbonyl (C=O) groups excluding carboxylic acids is 8. The number of aryl methyl sites for hydroxylation is 6. The normalized spacial score (nSPS) is 16.5. The van der Waals surface area contributed by atoms with Crippen LogP contribution < -0.4 is 62.1 Å². The molecular formula is C100H128Cl3N25O16. The molecule has 44 heteroatoms. The Balaban J connectivity index is 0.000000182. The predicted octanol–water partition coefficient (Wildman–Crippen LogP) is 10.1. The molecular weight excluding hydrogens is 1910 g/mol. The highest BCUT2D eigenvalue weighted by Gasteiger charge is 2.43. The first kappa shape index (κ1) is 108. The molecule has 6 aliphatic rings. The number of esters is 1. The number of piperidine rings is 1. The van der Waals surface area contributed by atoms with E-state index in [1.165, 1.54) is 14.7 Å². The fraction of sp³-hybridized carbons (Fsp3) is 0.470. The Morgan fingerprint density at radius 3 is 1.12 bits per heavy atom. The van der Waals surface area contributed by atoms with Gasteiger partial charge < -0.3 is 96.5 Å². The SMILES string of the molecule is COc1c(C)cnc(CN2C(=O)/C(=C\c3[nH]c(C)c(C(=O)NCC(O)CN4CCN(C(=O)OC(C)(C)C)CC4)c3C)c3c(Cl)nc(N)nc32)c1C.COc1c(C)cnc(CN2C(=O)/C(=C\c3[nH]c(C)c(C(=O)NCCN4CCC(C(=O)OC(C)(C)C)CC4)c3C)c3c(Cl)nc(N)nc32)c1C.COc1c(C)cnc(CN2C(=O)/C(=C\c3[nH]c(C)c(C(=O)NC[C@H](O)CN4CCOCC4)c3C)c3c(Cl)nc(N)nc32)c1C. The number of aliphatic hydroxyl groups excluding tert-OH is 2. The molecule has 0 bridgehead atoms. The number of nitrogens with two attached hydrogens (primary N) is 3. The number of hydrogen-bond acceptors (Lipinski definition) is 31. The summed E-state index contributed by atoms with van der Waals surface area (Å²) in [6.07, 6.45) is 9.59. The van der Waals surface area contributed by atoms with Gasteiger partial charge in [0.25, 0.3) is 35.4 Å². The number of amides is 7. The van der Waals surface area contributed by atoms with Crippen LogP contribution in [-0.4, -0.2) is 287 Å². The number of H-pyrrole nitrogens is 3. The number of rotatable bonds is 27. The van der Waals surface area contributed by atoms with E-state index >= 15 is 0 Å². The molecule has 3 fully saturated rings. The molecule has 770 valence electrons. The largest absolute Gasteiger partial charge is 0.496 e. The van der Waals surface area contributed by atoms with Crippen molar-refractivity contribution < 1.29 is 77.0 Å². The van der Waals surface area contributed by atoms with Crippen LogP contribution in [0.5, 0.6) is 17.2 Å². The number of halogens is 3. The third kappa shape index (κ3) is 24.3. The molecule has 0 saturated carbocycles. The van der Waals surface area contributed by atoms with Crippen LogP contribution in [0, 0.1) is 89.0 Å². The summed E-state index contributed by atoms with van der Waals surface area (Å²) in [6.45, 7) is 41.9. The summed E-state index contributed by atoms with van der Waals surface area (Å²) in [7, 11) is 4.77. The van der Waals surface area contributed by atoms with Crippen LogP contribution in [0.4, 0.5) is 40.1 Å². The predicted molar refractivity (Wildman–Crippen MR) is 549 cm³/mol. The first-order chi connectivity index (χ1) is 68.1. The highest BCUT2D eigenvalue weighted by molar-refractivity contribution is 6.43. The number of aliphatic hydroxyl groups is 2. The summed E-state index contributed by atoms with van der Waals surface area (Å²) in [4.78, 5) is 168. The lowest BCUT2D eigenvalue weighted by Gasteiger charge is -2.36. The van der Waals surface area contributed by atoms with E-state index in [-0.39, 0.29) is 154 Å². The van der Waals surface area contributed by atoms with Crippen LogP contribution in [-0.2, 0) is 53.0 Å². The van der Waals surface area contributed by atoms with Crippen molar-refractivity contribution in [3.8, 4) is 17.2 Å². The maximum absolute atomic E-state index is 14.0. The van der Waals surface area contributed by atoms with Gasteiger partial charge in [-0.15, -0.1) is 0 Å². The van der Waals surface area contributed by atoms with Crippen molar-refractivity contribution in [1.82, 2.24) is 95.4 Å². The molecule has 0 spiro atoms. The molecule has 9 aromatic rings. The molecule has 0 aliphatic carbocycles. The van der Waals surface area contributed by atoms with E-state index in [1.807, 2.05) is 102 Å². The van der Waals surface area contributed by atoms with Gasteiger partial charge in [0.15, 0.2) is 17.5 Å². The van der Waals surface area contributed by atoms with Crippen LogP contribution in [0.15, 0.2) is 18.6 Å². The van der Waals surface area contributed by atoms with Crippen molar-refractivity contribution in [3.05, 3.63) is 169 Å². The number of aromatic nitrogens is 12. The molecule has 3 saturated heterocycles. The van der Waals surface area contributed by atoms with Gasteiger partial charge >= 0.3 is 12.1 Å². The van der Waals surface area contributed by atoms with Crippen molar-refractivity contribution in [1.29, 1.82) is 0 Å². The number of carbonyl (C=O) groups is 8. The Kier molecular flexibility index (Phi) is 34.0. The fourth-order valence-corrected chi connectivity index (χ4v) is 19.4. The summed E-state index contributed by atoms with van der Waals surface area (Å²) >= 11 is 19.7. The number of ether oxygens (including phenoxy) is 6. The Hall–Kier alpha value is -13.3. The maximum atomic E-state index is 14.0. The smallest absolute Gasteiger partial charge is 0.410 e. The number of morpholine rings is 1. The average Bonchev–Trinajstić information content (AvgIpc) is 1.60. The van der Waals surface area contributed by atoms with Gasteiger partial charge in [-0.2, -0.15) is 15.0 Å². The number of β-amino-alcohol motifs (C(OH)–C–C–N with tert-alkyl or cyclic N) is 2. The molecule has 1 unspecified atom stereocenters. The molecule has 15 rings (SSSR count). The van der Waals surface area contributed by atoms with E-state index in [9.17, 15) is 48.6 Å². The first-order valence-corrected chi connectivity index (χ1v) is 48.5. The zero-order valence-corrected chi connectivity index (χ0v) is 87.4. The van der Waals surface area contributed by atoms with Gasteiger partial charge in [0.1, 0.15) is 43.9 Å². The third-order valence-electron chi connectivity index (χ3n) is 25.8. The second-order valence-corrected chi connectivity index (χ2v) is 39.6. The first-order valence-electron chi connectivity index (χ1n) is 47.4. The molecule has 0 radical (unpaired) electrons. The number of piperazine rings is 1. The van der Waals surface area contributed by atoms with Crippen molar-refractivity contribution in [2.24, 2.45) is 5.92 Å².